The molecule has 0 bridgehead atoms. The van der Waals surface area contributed by atoms with Crippen molar-refractivity contribution in [2.24, 2.45) is 5.73 Å². The molecule has 0 saturated carbocycles. The number of nitrogens with two attached hydrogens (primary N) is 1. The smallest absolute Gasteiger partial charge is 0.224 e. The average molecular weight is 199 g/mol. The van der Waals surface area contributed by atoms with E-state index in [-0.39, 0.29) is 6.54 Å². The zero-order valence-electron chi connectivity index (χ0n) is 8.56. The number of anilines is 1. The van der Waals surface area contributed by atoms with E-state index in [1.54, 1.807) is 0 Å². The minimum absolute atomic E-state index is 0.157. The van der Waals surface area contributed by atoms with E-state index in [9.17, 15) is 5.11 Å². The van der Waals surface area contributed by atoms with Crippen LogP contribution in [0.5, 0.6) is 0 Å². The lowest BCUT2D eigenvalue weighted by molar-refractivity contribution is 0.171. The Labute approximate surface area is 83.1 Å². The summed E-state index contributed by atoms with van der Waals surface area (Å²) in [5, 5.41) is 20.4. The third-order valence-corrected chi connectivity index (χ3v) is 1.95. The van der Waals surface area contributed by atoms with Gasteiger partial charge in [-0.25, -0.2) is 0 Å². The normalized spacial score (nSPS) is 12.9. The van der Waals surface area contributed by atoms with Gasteiger partial charge >= 0.3 is 0 Å². The van der Waals surface area contributed by atoms with Crippen LogP contribution in [-0.2, 0) is 6.54 Å². The van der Waals surface area contributed by atoms with E-state index in [4.69, 9.17) is 5.73 Å². The van der Waals surface area contributed by atoms with Crippen molar-refractivity contribution in [1.29, 1.82) is 0 Å². The summed E-state index contributed by atoms with van der Waals surface area (Å²) in [5.74, 6) is 1.20. The van der Waals surface area contributed by atoms with E-state index >= 15 is 0 Å². The minimum Gasteiger partial charge on any atom is -0.384 e. The third-order valence-electron chi connectivity index (χ3n) is 1.95. The monoisotopic (exact) mass is 199 g/mol. The first-order valence-corrected chi connectivity index (χ1v) is 4.79. The molecule has 0 amide bonds. The summed E-state index contributed by atoms with van der Waals surface area (Å²) in [6, 6.07) is 0. The van der Waals surface area contributed by atoms with Crippen LogP contribution in [0.25, 0.3) is 0 Å². The highest BCUT2D eigenvalue weighted by molar-refractivity contribution is 5.26. The topological polar surface area (TPSA) is 89.0 Å². The highest BCUT2D eigenvalue weighted by Gasteiger charge is 2.16. The maximum atomic E-state index is 9.55. The third kappa shape index (κ3) is 2.02. The second-order valence-electron chi connectivity index (χ2n) is 2.91. The Bertz CT molecular complexity index is 285. The van der Waals surface area contributed by atoms with Crippen LogP contribution in [0.15, 0.2) is 0 Å². The second kappa shape index (κ2) is 4.92. The molecule has 6 heteroatoms. The van der Waals surface area contributed by atoms with Crippen LogP contribution < -0.4 is 11.1 Å². The summed E-state index contributed by atoms with van der Waals surface area (Å²) in [6.07, 6.45) is -0.741. The van der Waals surface area contributed by atoms with Crippen LogP contribution in [0.3, 0.4) is 0 Å². The fraction of sp³-hybridized carbons (Fsp3) is 0.750. The van der Waals surface area contributed by atoms with Gasteiger partial charge in [0.2, 0.25) is 5.95 Å². The zero-order valence-corrected chi connectivity index (χ0v) is 8.56. The summed E-state index contributed by atoms with van der Waals surface area (Å²) in [7, 11) is 0. The van der Waals surface area contributed by atoms with Crippen molar-refractivity contribution in [3.05, 3.63) is 5.82 Å². The number of rotatable bonds is 5. The quantitative estimate of drug-likeness (QED) is 0.607. The van der Waals surface area contributed by atoms with Gasteiger partial charge in [-0.1, -0.05) is 0 Å². The van der Waals surface area contributed by atoms with Crippen molar-refractivity contribution in [2.45, 2.75) is 26.5 Å². The first-order valence-electron chi connectivity index (χ1n) is 4.79. The standard InChI is InChI=1S/C8H17N5O/c1-3-10-8-12-11-7(6(14)5-9)13(8)4-2/h6,14H,3-5,9H2,1-2H3,(H,10,12)/t6-/m0/s1. The molecule has 1 atom stereocenters. The van der Waals surface area contributed by atoms with Crippen LogP contribution >= 0.6 is 0 Å². The molecule has 1 rings (SSSR count). The molecule has 0 aliphatic carbocycles. The number of nitrogens with zero attached hydrogens (tertiary/aromatic N) is 3. The SMILES string of the molecule is CCNc1nnc([C@@H](O)CN)n1CC. The van der Waals surface area contributed by atoms with Gasteiger partial charge in [-0.2, -0.15) is 0 Å². The molecular weight excluding hydrogens is 182 g/mol. The molecule has 14 heavy (non-hydrogen) atoms. The molecule has 6 nitrogen and oxygen atoms in total. The molecule has 0 fully saturated rings. The molecule has 0 spiro atoms. The summed E-state index contributed by atoms with van der Waals surface area (Å²) in [4.78, 5) is 0. The van der Waals surface area contributed by atoms with Gasteiger partial charge in [0.25, 0.3) is 0 Å². The largest absolute Gasteiger partial charge is 0.384 e. The number of aliphatic hydroxyl groups excluding tert-OH is 1. The zero-order chi connectivity index (χ0) is 10.6. The van der Waals surface area contributed by atoms with E-state index < -0.39 is 6.10 Å². The van der Waals surface area contributed by atoms with E-state index in [1.807, 2.05) is 18.4 Å². The molecule has 1 aromatic heterocycles. The first-order chi connectivity index (χ1) is 6.74. The molecule has 0 aliphatic rings. The highest BCUT2D eigenvalue weighted by Crippen LogP contribution is 2.13. The molecule has 0 unspecified atom stereocenters. The van der Waals surface area contributed by atoms with Gasteiger partial charge < -0.3 is 16.2 Å². The molecular formula is C8H17N5O. The molecule has 80 valence electrons. The molecule has 1 heterocycles. The van der Waals surface area contributed by atoms with E-state index in [0.29, 0.717) is 18.3 Å². The minimum atomic E-state index is -0.741. The lowest BCUT2D eigenvalue weighted by Gasteiger charge is -2.10. The van der Waals surface area contributed by atoms with Crippen LogP contribution in [0, 0.1) is 0 Å². The van der Waals surface area contributed by atoms with Gasteiger partial charge in [-0.05, 0) is 13.8 Å². The maximum Gasteiger partial charge on any atom is 0.224 e. The van der Waals surface area contributed by atoms with Crippen LogP contribution in [-0.4, -0.2) is 33.0 Å². The van der Waals surface area contributed by atoms with Crippen molar-refractivity contribution in [3.63, 3.8) is 0 Å². The Hall–Kier alpha value is -1.14. The van der Waals surface area contributed by atoms with Gasteiger partial charge in [-0.15, -0.1) is 10.2 Å². The van der Waals surface area contributed by atoms with Crippen molar-refractivity contribution >= 4 is 5.95 Å². The van der Waals surface area contributed by atoms with Gasteiger partial charge in [0.1, 0.15) is 6.10 Å². The predicted octanol–water partition coefficient (Wildman–Crippen LogP) is -0.278. The number of nitrogens with one attached hydrogen (secondary N) is 1. The van der Waals surface area contributed by atoms with Gasteiger partial charge in [0.05, 0.1) is 0 Å². The molecule has 0 radical (unpaired) electrons. The summed E-state index contributed by atoms with van der Waals surface area (Å²) in [5.41, 5.74) is 5.36. The van der Waals surface area contributed by atoms with Gasteiger partial charge in [0, 0.05) is 19.6 Å². The van der Waals surface area contributed by atoms with E-state index in [0.717, 1.165) is 6.54 Å². The number of aromatic nitrogens is 3. The first kappa shape index (κ1) is 10.9. The Morgan fingerprint density at radius 1 is 1.50 bits per heavy atom. The van der Waals surface area contributed by atoms with Crippen LogP contribution in [0.1, 0.15) is 25.8 Å². The van der Waals surface area contributed by atoms with Crippen LogP contribution in [0.2, 0.25) is 0 Å². The fourth-order valence-corrected chi connectivity index (χ4v) is 1.27. The Morgan fingerprint density at radius 2 is 2.21 bits per heavy atom. The predicted molar refractivity (Wildman–Crippen MR) is 53.9 cm³/mol. The molecule has 4 N–H and O–H groups in total. The summed E-state index contributed by atoms with van der Waals surface area (Å²) < 4.78 is 1.82. The number of aliphatic hydroxyl groups is 1. The van der Waals surface area contributed by atoms with Crippen molar-refractivity contribution < 1.29 is 5.11 Å². The molecule has 0 aliphatic heterocycles. The van der Waals surface area contributed by atoms with Gasteiger partial charge in [-0.3, -0.25) is 4.57 Å². The van der Waals surface area contributed by atoms with Crippen molar-refractivity contribution in [1.82, 2.24) is 14.8 Å². The number of hydrogen-bond donors (Lipinski definition) is 3. The van der Waals surface area contributed by atoms with Crippen molar-refractivity contribution in [3.8, 4) is 0 Å². The number of hydrogen-bond acceptors (Lipinski definition) is 5. The van der Waals surface area contributed by atoms with E-state index in [2.05, 4.69) is 15.5 Å². The Kier molecular flexibility index (Phi) is 3.84. The van der Waals surface area contributed by atoms with E-state index in [1.165, 1.54) is 0 Å². The van der Waals surface area contributed by atoms with Crippen LogP contribution in [0.4, 0.5) is 5.95 Å². The second-order valence-corrected chi connectivity index (χ2v) is 2.91. The summed E-state index contributed by atoms with van der Waals surface area (Å²) in [6.45, 7) is 5.59. The lowest BCUT2D eigenvalue weighted by Crippen LogP contribution is -2.17. The highest BCUT2D eigenvalue weighted by atomic mass is 16.3. The summed E-state index contributed by atoms with van der Waals surface area (Å²) >= 11 is 0. The molecule has 0 saturated heterocycles. The average Bonchev–Trinajstić information content (AvgIpc) is 2.60. The molecule has 1 aromatic rings. The Balaban J connectivity index is 2.94. The van der Waals surface area contributed by atoms with Gasteiger partial charge in [0.15, 0.2) is 5.82 Å². The Morgan fingerprint density at radius 3 is 2.71 bits per heavy atom. The fourth-order valence-electron chi connectivity index (χ4n) is 1.27. The maximum absolute atomic E-state index is 9.55. The molecule has 0 aromatic carbocycles. The van der Waals surface area contributed by atoms with Crippen molar-refractivity contribution in [2.75, 3.05) is 18.4 Å². The lowest BCUT2D eigenvalue weighted by atomic mass is 10.3.